The van der Waals surface area contributed by atoms with Crippen molar-refractivity contribution in [2.75, 3.05) is 30.3 Å². The molecule has 1 saturated carbocycles. The molecule has 6 atom stereocenters. The molecule has 2 amide bonds. The van der Waals surface area contributed by atoms with Gasteiger partial charge in [0.2, 0.25) is 0 Å². The minimum Gasteiger partial charge on any atom is -0.490 e. The molecule has 0 unspecified atom stereocenters. The van der Waals surface area contributed by atoms with Crippen molar-refractivity contribution in [3.8, 4) is 5.75 Å². The number of anilines is 1. The summed E-state index contributed by atoms with van der Waals surface area (Å²) in [5, 5.41) is 11.3. The number of ether oxygens (including phenoxy) is 1. The molecule has 1 aliphatic heterocycles. The Morgan fingerprint density at radius 1 is 1.25 bits per heavy atom. The van der Waals surface area contributed by atoms with Gasteiger partial charge < -0.3 is 14.7 Å². The van der Waals surface area contributed by atoms with Crippen molar-refractivity contribution in [3.05, 3.63) is 83.4 Å². The summed E-state index contributed by atoms with van der Waals surface area (Å²) < 4.78 is 64.8. The van der Waals surface area contributed by atoms with E-state index < -0.39 is 51.1 Å². The van der Waals surface area contributed by atoms with Crippen LogP contribution in [-0.2, 0) is 26.5 Å². The topological polar surface area (TPSA) is 108 Å². The Bertz CT molecular complexity index is 1710. The molecule has 2 aliphatic carbocycles. The van der Waals surface area contributed by atoms with E-state index in [4.69, 9.17) is 16.3 Å². The van der Waals surface area contributed by atoms with Crippen LogP contribution in [0, 0.1) is 17.8 Å². The molecule has 13 heteroatoms. The number of hydrogen-bond donors (Lipinski definition) is 2. The van der Waals surface area contributed by atoms with Gasteiger partial charge in [-0.3, -0.25) is 14.3 Å². The van der Waals surface area contributed by atoms with Gasteiger partial charge in [-0.05, 0) is 97.7 Å². The summed E-state index contributed by atoms with van der Waals surface area (Å²) in [7, 11) is -4.16. The number of carbonyl (C=O) groups excluding carboxylic acids is 2. The number of halogens is 4. The summed E-state index contributed by atoms with van der Waals surface area (Å²) in [5.41, 5.74) is 2.46. The fourth-order valence-corrected chi connectivity index (χ4v) is 9.29. The normalized spacial score (nSPS) is 24.3. The molecule has 0 radical (unpaired) electrons. The number of alkyl halides is 3. The molecule has 3 aliphatic rings. The molecule has 2 N–H and O–H groups in total. The number of benzene rings is 2. The number of aliphatic hydroxyl groups is 1. The fraction of sp³-hybridized carbons (Fsp3) is 0.486. The Morgan fingerprint density at radius 2 is 2.02 bits per heavy atom. The minimum atomic E-state index is -5.32. The Labute approximate surface area is 284 Å². The Morgan fingerprint density at radius 3 is 2.69 bits per heavy atom. The van der Waals surface area contributed by atoms with Gasteiger partial charge in [0.1, 0.15) is 15.7 Å². The molecule has 2 aromatic carbocycles. The quantitative estimate of drug-likeness (QED) is 0.263. The first-order valence-corrected chi connectivity index (χ1v) is 18.1. The number of allylic oxidation sites excluding steroid dienone is 1. The van der Waals surface area contributed by atoms with Crippen molar-refractivity contribution in [3.63, 3.8) is 0 Å². The van der Waals surface area contributed by atoms with E-state index in [0.717, 1.165) is 43.2 Å². The molecule has 0 aromatic heterocycles. The summed E-state index contributed by atoms with van der Waals surface area (Å²) in [6, 6.07) is 10.5. The third kappa shape index (κ3) is 7.76. The molecule has 260 valence electrons. The maximum Gasteiger partial charge on any atom is 0.472 e. The van der Waals surface area contributed by atoms with Gasteiger partial charge >= 0.3 is 12.1 Å². The number of aryl methyl sites for hydroxylation is 1. The highest BCUT2D eigenvalue weighted by Crippen LogP contribution is 2.46. The van der Waals surface area contributed by atoms with E-state index in [-0.39, 0.29) is 23.8 Å². The van der Waals surface area contributed by atoms with E-state index in [1.54, 1.807) is 25.1 Å². The van der Waals surface area contributed by atoms with Gasteiger partial charge in [-0.25, -0.2) is 4.21 Å². The summed E-state index contributed by atoms with van der Waals surface area (Å²) in [5.74, 6) is -3.78. The molecule has 1 spiro atoms. The number of nitrogens with one attached hydrogen (secondary N) is 1. The lowest BCUT2D eigenvalue weighted by atomic mass is 9.68. The van der Waals surface area contributed by atoms with E-state index in [1.165, 1.54) is 16.9 Å². The molecule has 0 bridgehead atoms. The van der Waals surface area contributed by atoms with Crippen LogP contribution in [0.2, 0.25) is 5.02 Å². The average Bonchev–Trinajstić information content (AvgIpc) is 3.15. The second-order valence-corrected chi connectivity index (χ2v) is 15.7. The molecular weight excluding hydrogens is 667 g/mol. The molecule has 48 heavy (non-hydrogen) atoms. The number of amides is 2. The molecule has 2 aromatic rings. The predicted molar refractivity (Wildman–Crippen MR) is 181 cm³/mol. The molecule has 8 nitrogen and oxygen atoms in total. The molecule has 1 heterocycles. The van der Waals surface area contributed by atoms with Crippen LogP contribution in [0.25, 0.3) is 0 Å². The highest BCUT2D eigenvalue weighted by Gasteiger charge is 2.44. The summed E-state index contributed by atoms with van der Waals surface area (Å²) in [4.78, 5) is 27.5. The van der Waals surface area contributed by atoms with Crippen LogP contribution in [0.5, 0.6) is 5.75 Å². The Hall–Kier alpha value is -3.35. The fourth-order valence-electron chi connectivity index (χ4n) is 7.21. The minimum absolute atomic E-state index is 0.0165. The van der Waals surface area contributed by atoms with E-state index in [0.29, 0.717) is 36.2 Å². The first kappa shape index (κ1) is 35.9. The highest BCUT2D eigenvalue weighted by atomic mass is 35.5. The standard InChI is InChI=1S/C35H41ClF3N3O5S/c1-4-7-22(3)19-48(46,41-33(45)35(37,38)39)40-32(44)24-10-14-31-29(17-24)42(18-25-9-12-27(25)30(43)5-2)20-34(21-47-31)15-6-8-23-16-26(36)11-13-28(23)34/h4-5,10-11,13-14,16-17,22,25,27,30,43H,1-2,6-9,12,15,18-21H2,3H3,(H,40,41,44,45,46)/t22-,25-,27+,30-,34-,48-/m0/s1. The van der Waals surface area contributed by atoms with Gasteiger partial charge in [0.05, 0.1) is 24.2 Å². The van der Waals surface area contributed by atoms with Crippen LogP contribution in [0.1, 0.15) is 60.5 Å². The van der Waals surface area contributed by atoms with Gasteiger partial charge in [0, 0.05) is 29.1 Å². The Kier molecular flexibility index (Phi) is 10.7. The van der Waals surface area contributed by atoms with Crippen molar-refractivity contribution in [2.24, 2.45) is 22.1 Å². The van der Waals surface area contributed by atoms with Crippen molar-refractivity contribution < 1.29 is 36.8 Å². The van der Waals surface area contributed by atoms with Crippen LogP contribution in [-0.4, -0.2) is 58.9 Å². The third-order valence-electron chi connectivity index (χ3n) is 9.71. The zero-order valence-electron chi connectivity index (χ0n) is 26.8. The number of carbonyl (C=O) groups is 2. The second-order valence-electron chi connectivity index (χ2n) is 13.3. The average molecular weight is 708 g/mol. The van der Waals surface area contributed by atoms with Gasteiger partial charge in [0.15, 0.2) is 0 Å². The molecule has 0 saturated heterocycles. The predicted octanol–water partition coefficient (Wildman–Crippen LogP) is 6.80. The monoisotopic (exact) mass is 707 g/mol. The maximum atomic E-state index is 13.7. The van der Waals surface area contributed by atoms with Crippen molar-refractivity contribution in [1.82, 2.24) is 4.72 Å². The van der Waals surface area contributed by atoms with Crippen LogP contribution in [0.3, 0.4) is 0 Å². The number of hydrogen-bond acceptors (Lipinski definition) is 6. The SMILES string of the molecule is C=CC[C@H](C)C[S@](=O)(=NC(=O)c1ccc2c(c1)N(C[C@@H]1CC[C@H]1[C@@H](O)C=C)C[C@@]1(CCCc3cc(Cl)ccc31)CO2)NC(=O)C(F)(F)F. The molecule has 1 fully saturated rings. The first-order valence-electron chi connectivity index (χ1n) is 16.1. The zero-order valence-corrected chi connectivity index (χ0v) is 28.4. The summed E-state index contributed by atoms with van der Waals surface area (Å²) >= 11 is 6.36. The smallest absolute Gasteiger partial charge is 0.472 e. The largest absolute Gasteiger partial charge is 0.490 e. The number of rotatable bonds is 10. The molecular formula is C35H41ClF3N3O5S. The third-order valence-corrected chi connectivity index (χ3v) is 11.9. The van der Waals surface area contributed by atoms with Crippen LogP contribution >= 0.6 is 11.6 Å². The number of aliphatic hydroxyl groups excluding tert-OH is 1. The number of fused-ring (bicyclic) bond motifs is 3. The van der Waals surface area contributed by atoms with Crippen LogP contribution in [0.4, 0.5) is 18.9 Å². The Balaban J connectivity index is 1.54. The lowest BCUT2D eigenvalue weighted by Crippen LogP contribution is -2.49. The van der Waals surface area contributed by atoms with Crippen LogP contribution in [0.15, 0.2) is 66.1 Å². The summed E-state index contributed by atoms with van der Waals surface area (Å²) in [6.45, 7) is 10.4. The van der Waals surface area contributed by atoms with Gasteiger partial charge in [-0.15, -0.1) is 17.5 Å². The summed E-state index contributed by atoms with van der Waals surface area (Å²) in [6.07, 6.45) is 1.75. The zero-order chi connectivity index (χ0) is 34.9. The van der Waals surface area contributed by atoms with E-state index in [1.807, 2.05) is 12.1 Å². The van der Waals surface area contributed by atoms with Crippen molar-refractivity contribution >= 4 is 39.0 Å². The van der Waals surface area contributed by atoms with E-state index in [2.05, 4.69) is 28.5 Å². The lowest BCUT2D eigenvalue weighted by molar-refractivity contribution is -0.171. The number of nitrogens with zero attached hydrogens (tertiary/aromatic N) is 2. The second kappa shape index (κ2) is 14.2. The van der Waals surface area contributed by atoms with Crippen molar-refractivity contribution in [2.45, 2.75) is 63.1 Å². The first-order chi connectivity index (χ1) is 22.7. The maximum absolute atomic E-state index is 13.7. The highest BCUT2D eigenvalue weighted by molar-refractivity contribution is 7.92. The van der Waals surface area contributed by atoms with E-state index >= 15 is 0 Å². The van der Waals surface area contributed by atoms with Crippen LogP contribution < -0.4 is 14.4 Å². The van der Waals surface area contributed by atoms with E-state index in [9.17, 15) is 32.1 Å². The van der Waals surface area contributed by atoms with Gasteiger partial charge in [-0.2, -0.15) is 13.2 Å². The van der Waals surface area contributed by atoms with Gasteiger partial charge in [-0.1, -0.05) is 36.7 Å². The van der Waals surface area contributed by atoms with Crippen molar-refractivity contribution in [1.29, 1.82) is 0 Å². The molecule has 5 rings (SSSR count). The lowest BCUT2D eigenvalue weighted by Gasteiger charge is -2.45. The van der Waals surface area contributed by atoms with Gasteiger partial charge in [0.25, 0.3) is 5.91 Å².